The highest BCUT2D eigenvalue weighted by atomic mass is 35.5. The minimum atomic E-state index is -0.149. The summed E-state index contributed by atoms with van der Waals surface area (Å²) in [5, 5.41) is 1.92. The lowest BCUT2D eigenvalue weighted by molar-refractivity contribution is 0.287. The van der Waals surface area contributed by atoms with Crippen molar-refractivity contribution in [1.82, 2.24) is 0 Å². The van der Waals surface area contributed by atoms with E-state index in [-0.39, 0.29) is 6.04 Å². The molecule has 0 aliphatic carbocycles. The highest BCUT2D eigenvalue weighted by Crippen LogP contribution is 2.22. The molecule has 0 aromatic heterocycles. The van der Waals surface area contributed by atoms with E-state index in [1.165, 1.54) is 0 Å². The van der Waals surface area contributed by atoms with Crippen LogP contribution in [-0.2, 0) is 6.42 Å². The average Bonchev–Trinajstić information content (AvgIpc) is 2.41. The number of hydrogen-bond acceptors (Lipinski definition) is 2. The Balaban J connectivity index is 1.89. The fourth-order valence-corrected chi connectivity index (χ4v) is 2.37. The van der Waals surface area contributed by atoms with Crippen molar-refractivity contribution in [3.63, 3.8) is 0 Å². The zero-order valence-electron chi connectivity index (χ0n) is 10.7. The second-order valence-corrected chi connectivity index (χ2v) is 5.74. The first-order valence-corrected chi connectivity index (χ1v) is 7.26. The Bertz CT molecular complexity index is 572. The molecule has 0 radical (unpaired) electrons. The Morgan fingerprint density at radius 2 is 1.60 bits per heavy atom. The van der Waals surface area contributed by atoms with Gasteiger partial charge in [0.2, 0.25) is 0 Å². The van der Waals surface area contributed by atoms with Gasteiger partial charge in [0, 0.05) is 21.1 Å². The third-order valence-corrected chi connectivity index (χ3v) is 3.61. The molecular formula is C15H14Cl3NO. The molecule has 2 aromatic rings. The van der Waals surface area contributed by atoms with Gasteiger partial charge < -0.3 is 10.5 Å². The maximum Gasteiger partial charge on any atom is 0.119 e. The van der Waals surface area contributed by atoms with E-state index in [9.17, 15) is 0 Å². The van der Waals surface area contributed by atoms with Crippen LogP contribution in [0.4, 0.5) is 0 Å². The first kappa shape index (κ1) is 15.5. The van der Waals surface area contributed by atoms with Crippen LogP contribution in [0.3, 0.4) is 0 Å². The van der Waals surface area contributed by atoms with Gasteiger partial charge in [0.15, 0.2) is 0 Å². The monoisotopic (exact) mass is 329 g/mol. The molecule has 106 valence electrons. The number of benzene rings is 2. The largest absolute Gasteiger partial charge is 0.492 e. The standard InChI is InChI=1S/C15H14Cl3NO/c16-11-3-5-14(6-4-11)20-9-13(19)7-10-1-2-12(17)8-15(10)18/h1-6,8,13H,7,9,19H2. The lowest BCUT2D eigenvalue weighted by Crippen LogP contribution is -2.30. The predicted molar refractivity (Wildman–Crippen MR) is 85.1 cm³/mol. The molecule has 1 unspecified atom stereocenters. The van der Waals surface area contributed by atoms with Gasteiger partial charge in [-0.1, -0.05) is 40.9 Å². The summed E-state index contributed by atoms with van der Waals surface area (Å²) in [5.41, 5.74) is 7.01. The minimum Gasteiger partial charge on any atom is -0.492 e. The first-order valence-electron chi connectivity index (χ1n) is 6.12. The zero-order chi connectivity index (χ0) is 14.5. The third kappa shape index (κ3) is 4.57. The first-order chi connectivity index (χ1) is 9.54. The molecule has 2 aromatic carbocycles. The summed E-state index contributed by atoms with van der Waals surface area (Å²) in [6.07, 6.45) is 0.629. The van der Waals surface area contributed by atoms with Crippen LogP contribution in [0.1, 0.15) is 5.56 Å². The molecule has 0 saturated carbocycles. The van der Waals surface area contributed by atoms with Crippen molar-refractivity contribution in [3.05, 3.63) is 63.1 Å². The Hall–Kier alpha value is -0.930. The van der Waals surface area contributed by atoms with Crippen molar-refractivity contribution in [2.45, 2.75) is 12.5 Å². The maximum atomic E-state index is 6.11. The van der Waals surface area contributed by atoms with Gasteiger partial charge in [0.05, 0.1) is 0 Å². The van der Waals surface area contributed by atoms with Gasteiger partial charge in [-0.25, -0.2) is 0 Å². The van der Waals surface area contributed by atoms with E-state index >= 15 is 0 Å². The van der Waals surface area contributed by atoms with Crippen molar-refractivity contribution in [3.8, 4) is 5.75 Å². The molecule has 0 saturated heterocycles. The van der Waals surface area contributed by atoms with Crippen LogP contribution in [-0.4, -0.2) is 12.6 Å². The number of halogens is 3. The van der Waals surface area contributed by atoms with Crippen LogP contribution in [0.25, 0.3) is 0 Å². The molecule has 0 heterocycles. The SMILES string of the molecule is NC(COc1ccc(Cl)cc1)Cc1ccc(Cl)cc1Cl. The third-order valence-electron chi connectivity index (χ3n) is 2.77. The van der Waals surface area contributed by atoms with Crippen molar-refractivity contribution in [2.75, 3.05) is 6.61 Å². The minimum absolute atomic E-state index is 0.149. The van der Waals surface area contributed by atoms with Gasteiger partial charge in [-0.2, -0.15) is 0 Å². The molecule has 0 bridgehead atoms. The summed E-state index contributed by atoms with van der Waals surface area (Å²) >= 11 is 17.8. The number of hydrogen-bond donors (Lipinski definition) is 1. The van der Waals surface area contributed by atoms with Crippen molar-refractivity contribution in [1.29, 1.82) is 0 Å². The molecule has 5 heteroatoms. The van der Waals surface area contributed by atoms with Gasteiger partial charge in [0.25, 0.3) is 0 Å². The summed E-state index contributed by atoms with van der Waals surface area (Å²) in [7, 11) is 0. The van der Waals surface area contributed by atoms with E-state index < -0.39 is 0 Å². The Morgan fingerprint density at radius 3 is 2.25 bits per heavy atom. The highest BCUT2D eigenvalue weighted by molar-refractivity contribution is 6.35. The molecule has 0 aliphatic rings. The number of rotatable bonds is 5. The molecule has 2 nitrogen and oxygen atoms in total. The summed E-state index contributed by atoms with van der Waals surface area (Å²) in [4.78, 5) is 0. The Kier molecular flexibility index (Phi) is 5.55. The lowest BCUT2D eigenvalue weighted by Gasteiger charge is -2.14. The fraction of sp³-hybridized carbons (Fsp3) is 0.200. The van der Waals surface area contributed by atoms with E-state index in [0.717, 1.165) is 11.3 Å². The smallest absolute Gasteiger partial charge is 0.119 e. The van der Waals surface area contributed by atoms with Gasteiger partial charge in [-0.3, -0.25) is 0 Å². The summed E-state index contributed by atoms with van der Waals surface area (Å²) < 4.78 is 5.61. The molecular weight excluding hydrogens is 317 g/mol. The van der Waals surface area contributed by atoms with Crippen molar-refractivity contribution >= 4 is 34.8 Å². The lowest BCUT2D eigenvalue weighted by atomic mass is 10.1. The van der Waals surface area contributed by atoms with Gasteiger partial charge in [-0.15, -0.1) is 0 Å². The average molecular weight is 331 g/mol. The molecule has 0 fully saturated rings. The van der Waals surface area contributed by atoms with Crippen LogP contribution >= 0.6 is 34.8 Å². The van der Waals surface area contributed by atoms with Gasteiger partial charge in [-0.05, 0) is 48.4 Å². The molecule has 2 N–H and O–H groups in total. The molecule has 0 spiro atoms. The Labute approximate surface area is 133 Å². The molecule has 1 atom stereocenters. The number of ether oxygens (including phenoxy) is 1. The number of nitrogens with two attached hydrogens (primary N) is 1. The Morgan fingerprint density at radius 1 is 0.950 bits per heavy atom. The van der Waals surface area contributed by atoms with E-state index in [1.807, 2.05) is 18.2 Å². The van der Waals surface area contributed by atoms with Crippen LogP contribution in [0.15, 0.2) is 42.5 Å². The molecule has 0 aliphatic heterocycles. The second-order valence-electron chi connectivity index (χ2n) is 4.46. The van der Waals surface area contributed by atoms with Crippen molar-refractivity contribution in [2.24, 2.45) is 5.73 Å². The maximum absolute atomic E-state index is 6.11. The van der Waals surface area contributed by atoms with E-state index in [1.54, 1.807) is 24.3 Å². The second kappa shape index (κ2) is 7.19. The predicted octanol–water partition coefficient (Wildman–Crippen LogP) is 4.60. The molecule has 2 rings (SSSR count). The highest BCUT2D eigenvalue weighted by Gasteiger charge is 2.09. The van der Waals surface area contributed by atoms with Crippen molar-refractivity contribution < 1.29 is 4.74 Å². The molecule has 20 heavy (non-hydrogen) atoms. The summed E-state index contributed by atoms with van der Waals surface area (Å²) in [6.45, 7) is 0.403. The van der Waals surface area contributed by atoms with Gasteiger partial charge in [0.1, 0.15) is 12.4 Å². The fourth-order valence-electron chi connectivity index (χ4n) is 1.76. The van der Waals surface area contributed by atoms with Crippen LogP contribution in [0.2, 0.25) is 15.1 Å². The van der Waals surface area contributed by atoms with E-state index in [0.29, 0.717) is 28.1 Å². The van der Waals surface area contributed by atoms with Crippen LogP contribution in [0.5, 0.6) is 5.75 Å². The zero-order valence-corrected chi connectivity index (χ0v) is 12.9. The topological polar surface area (TPSA) is 35.2 Å². The normalized spacial score (nSPS) is 12.2. The van der Waals surface area contributed by atoms with E-state index in [2.05, 4.69) is 0 Å². The van der Waals surface area contributed by atoms with Crippen LogP contribution < -0.4 is 10.5 Å². The van der Waals surface area contributed by atoms with Crippen LogP contribution in [0, 0.1) is 0 Å². The van der Waals surface area contributed by atoms with Gasteiger partial charge >= 0.3 is 0 Å². The van der Waals surface area contributed by atoms with E-state index in [4.69, 9.17) is 45.3 Å². The molecule has 0 amide bonds. The summed E-state index contributed by atoms with van der Waals surface area (Å²) in [5.74, 6) is 0.743. The summed E-state index contributed by atoms with van der Waals surface area (Å²) in [6, 6.07) is 12.4. The quantitative estimate of drug-likeness (QED) is 0.870.